The van der Waals surface area contributed by atoms with Crippen molar-refractivity contribution >= 4 is 22.8 Å². The Labute approximate surface area is 322 Å². The van der Waals surface area contributed by atoms with E-state index < -0.39 is 0 Å². The van der Waals surface area contributed by atoms with Gasteiger partial charge in [-0.3, -0.25) is 0 Å². The maximum absolute atomic E-state index is 5.19. The smallest absolute Gasteiger partial charge is 0.164 e. The van der Waals surface area contributed by atoms with E-state index in [1.807, 2.05) is 91.9 Å². The molecule has 0 fully saturated rings. The predicted molar refractivity (Wildman–Crippen MR) is 228 cm³/mol. The molecule has 0 spiro atoms. The second kappa shape index (κ2) is 16.3. The second-order valence-corrected chi connectivity index (χ2v) is 13.4. The average molecular weight is 710 g/mol. The summed E-state index contributed by atoms with van der Waals surface area (Å²) in [6.45, 7) is 6.48. The van der Waals surface area contributed by atoms with Crippen molar-refractivity contribution in [3.8, 4) is 45.3 Å². The van der Waals surface area contributed by atoms with E-state index in [-0.39, 0.29) is 5.92 Å². The molecule has 1 aromatic heterocycles. The summed E-state index contributed by atoms with van der Waals surface area (Å²) in [6, 6.07) is 57.5. The standard InChI is InChI=1S/C50H39N5/c1-35(37-18-7-3-8-19-37)51-49(52-36(2)41-26-15-27-42(32-41)38-20-9-4-10-21-38)45-30-16-28-43(33-45)44-29-17-31-46(34-44)50-54-47(39-22-11-5-12-23-39)53-48(55-50)40-24-13-6-14-25-40/h3-29,31-34,45H,2,30H2,1H3/b51-35+,52-49-. The molecule has 55 heavy (non-hydrogen) atoms. The summed E-state index contributed by atoms with van der Waals surface area (Å²) in [7, 11) is 0. The summed E-state index contributed by atoms with van der Waals surface area (Å²) >= 11 is 0. The Bertz CT molecular complexity index is 2510. The molecule has 8 rings (SSSR count). The van der Waals surface area contributed by atoms with Gasteiger partial charge in [-0.2, -0.15) is 0 Å². The molecule has 0 saturated carbocycles. The fourth-order valence-electron chi connectivity index (χ4n) is 6.65. The van der Waals surface area contributed by atoms with Gasteiger partial charge < -0.3 is 0 Å². The number of hydrogen-bond acceptors (Lipinski definition) is 4. The minimum atomic E-state index is -0.0806. The van der Waals surface area contributed by atoms with Crippen LogP contribution in [0.2, 0.25) is 0 Å². The average Bonchev–Trinajstić information content (AvgIpc) is 3.27. The lowest BCUT2D eigenvalue weighted by Crippen LogP contribution is -2.14. The first-order valence-electron chi connectivity index (χ1n) is 18.5. The minimum Gasteiger partial charge on any atom is -0.237 e. The Morgan fingerprint density at radius 2 is 1.00 bits per heavy atom. The van der Waals surface area contributed by atoms with E-state index in [2.05, 4.69) is 110 Å². The normalized spacial score (nSPS) is 14.3. The van der Waals surface area contributed by atoms with E-state index in [0.29, 0.717) is 29.0 Å². The maximum atomic E-state index is 5.19. The summed E-state index contributed by atoms with van der Waals surface area (Å²) in [5.41, 5.74) is 10.8. The summed E-state index contributed by atoms with van der Waals surface area (Å²) < 4.78 is 0. The van der Waals surface area contributed by atoms with Crippen molar-refractivity contribution in [1.29, 1.82) is 0 Å². The number of nitrogens with zero attached hydrogens (tertiary/aromatic N) is 5. The Balaban J connectivity index is 1.16. The van der Waals surface area contributed by atoms with Crippen LogP contribution < -0.4 is 0 Å². The number of aliphatic imine (C=N–C) groups is 2. The fraction of sp³-hybridized carbons (Fsp3) is 0.0600. The highest BCUT2D eigenvalue weighted by Gasteiger charge is 2.19. The molecule has 1 aliphatic carbocycles. The van der Waals surface area contributed by atoms with Crippen molar-refractivity contribution in [3.63, 3.8) is 0 Å². The van der Waals surface area contributed by atoms with E-state index in [9.17, 15) is 0 Å². The van der Waals surface area contributed by atoms with Crippen LogP contribution in [0.1, 0.15) is 30.0 Å². The molecule has 5 nitrogen and oxygen atoms in total. The molecule has 0 bridgehead atoms. The van der Waals surface area contributed by atoms with Crippen LogP contribution in [0.15, 0.2) is 205 Å². The van der Waals surface area contributed by atoms with Gasteiger partial charge in [0.15, 0.2) is 17.5 Å². The molecule has 7 aromatic rings. The largest absolute Gasteiger partial charge is 0.237 e. The number of rotatable bonds is 9. The molecule has 1 aliphatic rings. The zero-order valence-electron chi connectivity index (χ0n) is 30.6. The zero-order chi connectivity index (χ0) is 37.4. The molecule has 1 heterocycles. The molecular weight excluding hydrogens is 671 g/mol. The van der Waals surface area contributed by atoms with Crippen LogP contribution in [0.3, 0.4) is 0 Å². The molecule has 1 atom stereocenters. The first-order valence-corrected chi connectivity index (χ1v) is 18.5. The van der Waals surface area contributed by atoms with Gasteiger partial charge in [-0.15, -0.1) is 0 Å². The van der Waals surface area contributed by atoms with E-state index in [1.54, 1.807) is 0 Å². The van der Waals surface area contributed by atoms with Crippen molar-refractivity contribution in [1.82, 2.24) is 15.0 Å². The Hall–Kier alpha value is -7.11. The molecular formula is C50H39N5. The van der Waals surface area contributed by atoms with Gasteiger partial charge in [0, 0.05) is 33.9 Å². The highest BCUT2D eigenvalue weighted by molar-refractivity contribution is 6.08. The van der Waals surface area contributed by atoms with E-state index in [0.717, 1.165) is 62.2 Å². The summed E-state index contributed by atoms with van der Waals surface area (Å²) in [5.74, 6) is 2.52. The molecule has 1 unspecified atom stereocenters. The van der Waals surface area contributed by atoms with Gasteiger partial charge in [-0.05, 0) is 53.3 Å². The van der Waals surface area contributed by atoms with Gasteiger partial charge in [0.25, 0.3) is 0 Å². The van der Waals surface area contributed by atoms with Crippen LogP contribution in [0, 0.1) is 5.92 Å². The van der Waals surface area contributed by atoms with Crippen molar-refractivity contribution < 1.29 is 0 Å². The monoisotopic (exact) mass is 709 g/mol. The minimum absolute atomic E-state index is 0.0806. The van der Waals surface area contributed by atoms with Gasteiger partial charge in [-0.1, -0.05) is 183 Å². The van der Waals surface area contributed by atoms with Gasteiger partial charge in [0.05, 0.1) is 5.70 Å². The Morgan fingerprint density at radius 3 is 1.64 bits per heavy atom. The Morgan fingerprint density at radius 1 is 0.509 bits per heavy atom. The van der Waals surface area contributed by atoms with Crippen LogP contribution in [-0.4, -0.2) is 26.5 Å². The molecule has 0 saturated heterocycles. The molecule has 0 N–H and O–H groups in total. The molecule has 0 radical (unpaired) electrons. The molecule has 0 amide bonds. The quantitative estimate of drug-likeness (QED) is 0.111. The van der Waals surface area contributed by atoms with Crippen molar-refractivity contribution in [3.05, 3.63) is 211 Å². The maximum Gasteiger partial charge on any atom is 0.164 e. The van der Waals surface area contributed by atoms with Crippen molar-refractivity contribution in [2.75, 3.05) is 0 Å². The van der Waals surface area contributed by atoms with Crippen LogP contribution in [0.5, 0.6) is 0 Å². The van der Waals surface area contributed by atoms with E-state index in [1.165, 1.54) is 0 Å². The summed E-state index contributed by atoms with van der Waals surface area (Å²) in [6.07, 6.45) is 7.42. The molecule has 264 valence electrons. The summed E-state index contributed by atoms with van der Waals surface area (Å²) in [5, 5.41) is 0. The predicted octanol–water partition coefficient (Wildman–Crippen LogP) is 12.1. The van der Waals surface area contributed by atoms with Gasteiger partial charge in [0.1, 0.15) is 5.84 Å². The second-order valence-electron chi connectivity index (χ2n) is 13.4. The molecule has 5 heteroatoms. The van der Waals surface area contributed by atoms with Crippen LogP contribution >= 0.6 is 0 Å². The van der Waals surface area contributed by atoms with Crippen molar-refractivity contribution in [2.24, 2.45) is 15.9 Å². The Kier molecular flexibility index (Phi) is 10.3. The lowest BCUT2D eigenvalue weighted by molar-refractivity contribution is 0.862. The number of amidine groups is 1. The highest BCUT2D eigenvalue weighted by atomic mass is 15.0. The third kappa shape index (κ3) is 8.27. The molecule has 0 aliphatic heterocycles. The fourth-order valence-corrected chi connectivity index (χ4v) is 6.65. The van der Waals surface area contributed by atoms with Gasteiger partial charge in [0.2, 0.25) is 0 Å². The van der Waals surface area contributed by atoms with Crippen molar-refractivity contribution in [2.45, 2.75) is 13.3 Å². The number of allylic oxidation sites excluding steroid dienone is 3. The number of hydrogen-bond donors (Lipinski definition) is 0. The van der Waals surface area contributed by atoms with Crippen LogP contribution in [0.25, 0.3) is 56.6 Å². The van der Waals surface area contributed by atoms with Crippen LogP contribution in [-0.2, 0) is 0 Å². The van der Waals surface area contributed by atoms with E-state index in [4.69, 9.17) is 24.9 Å². The van der Waals surface area contributed by atoms with Crippen LogP contribution in [0.4, 0.5) is 0 Å². The van der Waals surface area contributed by atoms with Gasteiger partial charge in [-0.25, -0.2) is 24.9 Å². The third-order valence-corrected chi connectivity index (χ3v) is 9.58. The first kappa shape index (κ1) is 34.9. The molecule has 6 aromatic carbocycles. The summed E-state index contributed by atoms with van der Waals surface area (Å²) in [4.78, 5) is 25.2. The number of aromatic nitrogens is 3. The zero-order valence-corrected chi connectivity index (χ0v) is 30.6. The lowest BCUT2D eigenvalue weighted by Gasteiger charge is -2.19. The lowest BCUT2D eigenvalue weighted by atomic mass is 9.90. The topological polar surface area (TPSA) is 63.4 Å². The SMILES string of the molecule is C=C(/N=C(\N=C(/C)c1ccccc1)C1C=C(c2cccc(-c3nc(-c4ccccc4)nc(-c4ccccc4)n3)c2)C=CC1)c1cccc(-c2ccccc2)c1. The van der Waals surface area contributed by atoms with Gasteiger partial charge >= 0.3 is 0 Å². The first-order chi connectivity index (χ1) is 27.1. The number of benzene rings is 6. The highest BCUT2D eigenvalue weighted by Crippen LogP contribution is 2.32. The van der Waals surface area contributed by atoms with E-state index >= 15 is 0 Å². The third-order valence-electron chi connectivity index (χ3n) is 9.58.